The lowest BCUT2D eigenvalue weighted by Gasteiger charge is -2.18. The Kier molecular flexibility index (Phi) is 4.54. The molecule has 4 nitrogen and oxygen atoms in total. The van der Waals surface area contributed by atoms with Gasteiger partial charge in [0.05, 0.1) is 10.9 Å². The first-order valence-electron chi connectivity index (χ1n) is 5.66. The smallest absolute Gasteiger partial charge is 0.235 e. The quantitative estimate of drug-likeness (QED) is 0.848. The number of anilines is 1. The molecule has 0 radical (unpaired) electrons. The molecule has 1 aromatic rings. The Morgan fingerprint density at radius 3 is 2.24 bits per heavy atom. The zero-order valence-corrected chi connectivity index (χ0v) is 11.5. The maximum absolute atomic E-state index is 11.8. The molecule has 17 heavy (non-hydrogen) atoms. The number of rotatable bonds is 5. The number of hydrogen-bond acceptors (Lipinski definition) is 3. The third kappa shape index (κ3) is 3.44. The van der Waals surface area contributed by atoms with Crippen LogP contribution >= 0.6 is 0 Å². The normalized spacial score (nSPS) is 13.7. The fourth-order valence-electron chi connectivity index (χ4n) is 1.39. The van der Waals surface area contributed by atoms with Crippen molar-refractivity contribution in [3.8, 4) is 0 Å². The third-order valence-corrected chi connectivity index (χ3v) is 4.48. The number of nitrogens with one attached hydrogen (secondary N) is 2. The van der Waals surface area contributed by atoms with Gasteiger partial charge in [-0.1, -0.05) is 18.2 Å². The van der Waals surface area contributed by atoms with Crippen LogP contribution in [0.15, 0.2) is 24.3 Å². The fraction of sp³-hybridized carbons (Fsp3) is 0.500. The average Bonchev–Trinajstić information content (AvgIpc) is 2.28. The van der Waals surface area contributed by atoms with Crippen LogP contribution in [-0.4, -0.2) is 20.7 Å². The van der Waals surface area contributed by atoms with Crippen LogP contribution in [0.2, 0.25) is 0 Å². The van der Waals surface area contributed by atoms with E-state index in [1.165, 1.54) is 0 Å². The zero-order valence-electron chi connectivity index (χ0n) is 10.7. The molecule has 0 aromatic heterocycles. The van der Waals surface area contributed by atoms with E-state index in [0.717, 1.165) is 5.56 Å². The topological polar surface area (TPSA) is 58.2 Å². The van der Waals surface area contributed by atoms with Crippen LogP contribution in [0.1, 0.15) is 32.4 Å². The predicted molar refractivity (Wildman–Crippen MR) is 71.6 cm³/mol. The number of sulfonamides is 1. The lowest BCUT2D eigenvalue weighted by Crippen LogP contribution is -2.24. The average molecular weight is 256 g/mol. The first kappa shape index (κ1) is 14.0. The van der Waals surface area contributed by atoms with Crippen molar-refractivity contribution in [2.24, 2.45) is 0 Å². The van der Waals surface area contributed by atoms with Gasteiger partial charge in [0.25, 0.3) is 0 Å². The van der Waals surface area contributed by atoms with Crippen molar-refractivity contribution in [3.63, 3.8) is 0 Å². The van der Waals surface area contributed by atoms with Crippen molar-refractivity contribution in [3.05, 3.63) is 29.8 Å². The third-order valence-electron chi connectivity index (χ3n) is 2.73. The second-order valence-corrected chi connectivity index (χ2v) is 6.53. The molecule has 2 N–H and O–H groups in total. The van der Waals surface area contributed by atoms with Crippen LogP contribution in [0.3, 0.4) is 0 Å². The monoisotopic (exact) mass is 256 g/mol. The van der Waals surface area contributed by atoms with Gasteiger partial charge in [0.2, 0.25) is 10.0 Å². The summed E-state index contributed by atoms with van der Waals surface area (Å²) in [5, 5.41) is 2.66. The van der Waals surface area contributed by atoms with Crippen LogP contribution in [0.4, 0.5) is 5.69 Å². The molecule has 0 fully saturated rings. The maximum Gasteiger partial charge on any atom is 0.235 e. The summed E-state index contributed by atoms with van der Waals surface area (Å²) in [5.74, 6) is 0. The summed E-state index contributed by atoms with van der Waals surface area (Å²) >= 11 is 0. The van der Waals surface area contributed by atoms with Gasteiger partial charge in [0.15, 0.2) is 0 Å². The summed E-state index contributed by atoms with van der Waals surface area (Å²) in [5.41, 5.74) is 1.59. The molecule has 0 aliphatic rings. The Morgan fingerprint density at radius 1 is 1.12 bits per heavy atom. The van der Waals surface area contributed by atoms with E-state index in [-0.39, 0.29) is 6.04 Å². The zero-order chi connectivity index (χ0) is 13.1. The molecule has 96 valence electrons. The highest BCUT2D eigenvalue weighted by molar-refractivity contribution is 7.93. The Balaban J connectivity index is 3.07. The van der Waals surface area contributed by atoms with Gasteiger partial charge in [0.1, 0.15) is 0 Å². The van der Waals surface area contributed by atoms with Crippen LogP contribution in [-0.2, 0) is 10.0 Å². The van der Waals surface area contributed by atoms with Gasteiger partial charge in [-0.05, 0) is 39.4 Å². The van der Waals surface area contributed by atoms with Crippen molar-refractivity contribution in [2.45, 2.75) is 32.1 Å². The fourth-order valence-corrected chi connectivity index (χ4v) is 2.12. The maximum atomic E-state index is 11.8. The van der Waals surface area contributed by atoms with Crippen molar-refractivity contribution in [1.82, 2.24) is 5.32 Å². The van der Waals surface area contributed by atoms with Gasteiger partial charge in [-0.3, -0.25) is 4.72 Å². The summed E-state index contributed by atoms with van der Waals surface area (Å²) < 4.78 is 26.3. The van der Waals surface area contributed by atoms with Gasteiger partial charge in [0, 0.05) is 6.04 Å². The molecule has 0 aliphatic carbocycles. The molecule has 1 aromatic carbocycles. The minimum Gasteiger partial charge on any atom is -0.313 e. The van der Waals surface area contributed by atoms with Gasteiger partial charge in [-0.25, -0.2) is 8.42 Å². The second kappa shape index (κ2) is 5.51. The lowest BCUT2D eigenvalue weighted by molar-refractivity contribution is 0.592. The summed E-state index contributed by atoms with van der Waals surface area (Å²) in [7, 11) is -1.45. The highest BCUT2D eigenvalue weighted by atomic mass is 32.2. The Labute approximate surface area is 103 Å². The molecule has 0 bridgehead atoms. The lowest BCUT2D eigenvalue weighted by atomic mass is 10.1. The molecule has 0 spiro atoms. The predicted octanol–water partition coefficient (Wildman–Crippen LogP) is 2.12. The Morgan fingerprint density at radius 2 is 1.71 bits per heavy atom. The van der Waals surface area contributed by atoms with E-state index in [1.54, 1.807) is 19.9 Å². The van der Waals surface area contributed by atoms with Crippen LogP contribution in [0, 0.1) is 0 Å². The van der Waals surface area contributed by atoms with E-state index < -0.39 is 15.3 Å². The van der Waals surface area contributed by atoms with E-state index >= 15 is 0 Å². The number of benzene rings is 1. The Bertz CT molecular complexity index is 469. The first-order chi connectivity index (χ1) is 7.88. The minimum absolute atomic E-state index is 0.0982. The largest absolute Gasteiger partial charge is 0.313 e. The molecule has 0 amide bonds. The summed E-state index contributed by atoms with van der Waals surface area (Å²) in [6.45, 7) is 5.31. The highest BCUT2D eigenvalue weighted by Gasteiger charge is 2.18. The molecule has 5 heteroatoms. The molecule has 0 heterocycles. The molecule has 1 unspecified atom stereocenters. The van der Waals surface area contributed by atoms with E-state index in [0.29, 0.717) is 5.69 Å². The van der Waals surface area contributed by atoms with E-state index in [1.807, 2.05) is 32.2 Å². The minimum atomic E-state index is -3.29. The van der Waals surface area contributed by atoms with Crippen molar-refractivity contribution in [1.29, 1.82) is 0 Å². The molecule has 0 saturated heterocycles. The van der Waals surface area contributed by atoms with E-state index in [9.17, 15) is 8.42 Å². The summed E-state index contributed by atoms with van der Waals surface area (Å²) in [6.07, 6.45) is 0. The molecule has 1 atom stereocenters. The standard InChI is InChI=1S/C12H20N2O2S/c1-9(2)17(15,16)14-12-8-6-5-7-11(12)10(3)13-4/h5-10,13-14H,1-4H3. The molecule has 1 rings (SSSR count). The van der Waals surface area contributed by atoms with Gasteiger partial charge < -0.3 is 5.32 Å². The van der Waals surface area contributed by atoms with Gasteiger partial charge >= 0.3 is 0 Å². The number of para-hydroxylation sites is 1. The van der Waals surface area contributed by atoms with Crippen LogP contribution in [0.25, 0.3) is 0 Å². The van der Waals surface area contributed by atoms with Gasteiger partial charge in [-0.15, -0.1) is 0 Å². The Hall–Kier alpha value is -1.07. The molecular formula is C12H20N2O2S. The van der Waals surface area contributed by atoms with E-state index in [2.05, 4.69) is 10.0 Å². The highest BCUT2D eigenvalue weighted by Crippen LogP contribution is 2.23. The van der Waals surface area contributed by atoms with Crippen LogP contribution in [0.5, 0.6) is 0 Å². The van der Waals surface area contributed by atoms with Crippen molar-refractivity contribution in [2.75, 3.05) is 11.8 Å². The van der Waals surface area contributed by atoms with Crippen molar-refractivity contribution < 1.29 is 8.42 Å². The molecule has 0 aliphatic heterocycles. The van der Waals surface area contributed by atoms with Gasteiger partial charge in [-0.2, -0.15) is 0 Å². The van der Waals surface area contributed by atoms with E-state index in [4.69, 9.17) is 0 Å². The van der Waals surface area contributed by atoms with Crippen molar-refractivity contribution >= 4 is 15.7 Å². The SMILES string of the molecule is CNC(C)c1ccccc1NS(=O)(=O)C(C)C. The summed E-state index contributed by atoms with van der Waals surface area (Å²) in [4.78, 5) is 0. The molecule has 0 saturated carbocycles. The van der Waals surface area contributed by atoms with Crippen LogP contribution < -0.4 is 10.0 Å². The number of hydrogen-bond donors (Lipinski definition) is 2. The molecular weight excluding hydrogens is 236 g/mol. The summed E-state index contributed by atoms with van der Waals surface area (Å²) in [6, 6.07) is 7.52. The second-order valence-electron chi connectivity index (χ2n) is 4.29. The first-order valence-corrected chi connectivity index (χ1v) is 7.21.